The van der Waals surface area contributed by atoms with E-state index >= 15 is 0 Å². The van der Waals surface area contributed by atoms with Gasteiger partial charge < -0.3 is 16.4 Å². The molecule has 0 saturated heterocycles. The van der Waals surface area contributed by atoms with Crippen LogP contribution in [0.5, 0.6) is 0 Å². The van der Waals surface area contributed by atoms with Gasteiger partial charge >= 0.3 is 0 Å². The van der Waals surface area contributed by atoms with Crippen LogP contribution in [0.1, 0.15) is 25.7 Å². The van der Waals surface area contributed by atoms with Crippen molar-refractivity contribution in [1.82, 2.24) is 10.3 Å². The lowest BCUT2D eigenvalue weighted by Crippen LogP contribution is -2.25. The minimum atomic E-state index is 0.148. The molecule has 1 fully saturated rings. The second-order valence-electron chi connectivity index (χ2n) is 4.32. The van der Waals surface area contributed by atoms with Crippen molar-refractivity contribution < 1.29 is 4.79 Å². The number of nitrogen functional groups attached to an aromatic ring is 1. The van der Waals surface area contributed by atoms with Gasteiger partial charge in [0.25, 0.3) is 0 Å². The molecule has 4 N–H and O–H groups in total. The van der Waals surface area contributed by atoms with Gasteiger partial charge in [-0.05, 0) is 31.4 Å². The fourth-order valence-electron chi connectivity index (χ4n) is 1.54. The smallest absolute Gasteiger partial charge is 0.220 e. The quantitative estimate of drug-likeness (QED) is 0.645. The number of nitrogens with one attached hydrogen (secondary N) is 2. The van der Waals surface area contributed by atoms with Crippen LogP contribution in [0.2, 0.25) is 0 Å². The zero-order valence-corrected chi connectivity index (χ0v) is 9.78. The largest absolute Gasteiger partial charge is 0.384 e. The maximum atomic E-state index is 11.4. The van der Waals surface area contributed by atoms with E-state index in [4.69, 9.17) is 5.73 Å². The number of rotatable bonds is 6. The number of carbonyl (C=O) groups is 1. The topological polar surface area (TPSA) is 80.0 Å². The number of nitrogens with two attached hydrogens (primary N) is 1. The third kappa shape index (κ3) is 4.30. The number of hydrogen-bond donors (Lipinski definition) is 3. The van der Waals surface area contributed by atoms with Crippen molar-refractivity contribution in [3.05, 3.63) is 18.2 Å². The number of amides is 1. The van der Waals surface area contributed by atoms with E-state index in [0.29, 0.717) is 18.3 Å². The Balaban J connectivity index is 1.60. The van der Waals surface area contributed by atoms with Crippen LogP contribution in [-0.2, 0) is 4.79 Å². The van der Waals surface area contributed by atoms with Gasteiger partial charge in [0, 0.05) is 19.0 Å². The van der Waals surface area contributed by atoms with Crippen LogP contribution < -0.4 is 16.4 Å². The Bertz CT molecular complexity index is 390. The molecule has 1 amide bonds. The van der Waals surface area contributed by atoms with Crippen LogP contribution in [0.25, 0.3) is 0 Å². The van der Waals surface area contributed by atoms with Crippen LogP contribution in [0, 0.1) is 0 Å². The van der Waals surface area contributed by atoms with E-state index < -0.39 is 0 Å². The van der Waals surface area contributed by atoms with E-state index in [1.165, 1.54) is 0 Å². The van der Waals surface area contributed by atoms with Gasteiger partial charge in [-0.3, -0.25) is 4.79 Å². The standard InChI is InChI=1S/C12H18N4O/c13-10-3-1-4-11(16-10)14-8-2-5-12(17)15-9-6-7-9/h1,3-4,9H,2,5-8H2,(H,15,17)(H3,13,14,16). The Morgan fingerprint density at radius 2 is 2.29 bits per heavy atom. The van der Waals surface area contributed by atoms with Crippen molar-refractivity contribution >= 4 is 17.5 Å². The third-order valence-corrected chi connectivity index (χ3v) is 2.60. The van der Waals surface area contributed by atoms with Crippen molar-refractivity contribution in [2.75, 3.05) is 17.6 Å². The van der Waals surface area contributed by atoms with Crippen molar-refractivity contribution in [2.45, 2.75) is 31.7 Å². The first kappa shape index (κ1) is 11.7. The van der Waals surface area contributed by atoms with Crippen molar-refractivity contribution in [3.8, 4) is 0 Å². The fraction of sp³-hybridized carbons (Fsp3) is 0.500. The van der Waals surface area contributed by atoms with E-state index in [2.05, 4.69) is 15.6 Å². The molecule has 1 aliphatic rings. The summed E-state index contributed by atoms with van der Waals surface area (Å²) < 4.78 is 0. The predicted molar refractivity (Wildman–Crippen MR) is 67.5 cm³/mol. The Hall–Kier alpha value is -1.78. The predicted octanol–water partition coefficient (Wildman–Crippen LogP) is 1.13. The minimum Gasteiger partial charge on any atom is -0.384 e. The molecule has 1 saturated carbocycles. The van der Waals surface area contributed by atoms with E-state index in [1.807, 2.05) is 12.1 Å². The second kappa shape index (κ2) is 5.52. The summed E-state index contributed by atoms with van der Waals surface area (Å²) in [7, 11) is 0. The Morgan fingerprint density at radius 1 is 1.47 bits per heavy atom. The summed E-state index contributed by atoms with van der Waals surface area (Å²) in [4.78, 5) is 15.5. The van der Waals surface area contributed by atoms with Gasteiger partial charge in [-0.15, -0.1) is 0 Å². The summed E-state index contributed by atoms with van der Waals surface area (Å²) in [6.45, 7) is 0.731. The molecule has 0 unspecified atom stereocenters. The number of nitrogens with zero attached hydrogens (tertiary/aromatic N) is 1. The molecule has 0 atom stereocenters. The Kier molecular flexibility index (Phi) is 3.80. The van der Waals surface area contributed by atoms with E-state index in [0.717, 1.165) is 31.6 Å². The molecule has 1 aromatic heterocycles. The Morgan fingerprint density at radius 3 is 3.00 bits per heavy atom. The molecule has 1 aromatic rings. The molecule has 92 valence electrons. The molecular weight excluding hydrogens is 216 g/mol. The maximum Gasteiger partial charge on any atom is 0.220 e. The van der Waals surface area contributed by atoms with Crippen LogP contribution in [-0.4, -0.2) is 23.5 Å². The molecule has 1 aliphatic carbocycles. The maximum absolute atomic E-state index is 11.4. The van der Waals surface area contributed by atoms with Gasteiger partial charge in [0.15, 0.2) is 0 Å². The van der Waals surface area contributed by atoms with Gasteiger partial charge in [0.2, 0.25) is 5.91 Å². The fourth-order valence-corrected chi connectivity index (χ4v) is 1.54. The molecule has 0 aliphatic heterocycles. The highest BCUT2D eigenvalue weighted by Crippen LogP contribution is 2.18. The van der Waals surface area contributed by atoms with E-state index in [1.54, 1.807) is 6.07 Å². The number of aromatic nitrogens is 1. The first-order valence-electron chi connectivity index (χ1n) is 6.00. The first-order valence-corrected chi connectivity index (χ1v) is 6.00. The van der Waals surface area contributed by atoms with E-state index in [9.17, 15) is 4.79 Å². The average Bonchev–Trinajstić information content (AvgIpc) is 3.08. The zero-order chi connectivity index (χ0) is 12.1. The minimum absolute atomic E-state index is 0.148. The van der Waals surface area contributed by atoms with Crippen molar-refractivity contribution in [2.24, 2.45) is 0 Å². The highest BCUT2D eigenvalue weighted by Gasteiger charge is 2.22. The average molecular weight is 234 g/mol. The molecule has 2 rings (SSSR count). The molecule has 0 bridgehead atoms. The summed E-state index contributed by atoms with van der Waals surface area (Å²) in [6, 6.07) is 5.91. The summed E-state index contributed by atoms with van der Waals surface area (Å²) in [5.41, 5.74) is 5.56. The molecule has 0 spiro atoms. The van der Waals surface area contributed by atoms with Gasteiger partial charge in [0.1, 0.15) is 11.6 Å². The molecule has 5 heteroatoms. The number of pyridine rings is 1. The van der Waals surface area contributed by atoms with Gasteiger partial charge in [0.05, 0.1) is 0 Å². The molecule has 0 aromatic carbocycles. The highest BCUT2D eigenvalue weighted by atomic mass is 16.1. The molecule has 1 heterocycles. The summed E-state index contributed by atoms with van der Waals surface area (Å²) >= 11 is 0. The number of anilines is 2. The zero-order valence-electron chi connectivity index (χ0n) is 9.78. The number of hydrogen-bond acceptors (Lipinski definition) is 4. The molecule has 5 nitrogen and oxygen atoms in total. The SMILES string of the molecule is Nc1cccc(NCCCC(=O)NC2CC2)n1. The second-order valence-corrected chi connectivity index (χ2v) is 4.32. The third-order valence-electron chi connectivity index (χ3n) is 2.60. The molecule has 0 radical (unpaired) electrons. The van der Waals surface area contributed by atoms with Crippen LogP contribution >= 0.6 is 0 Å². The van der Waals surface area contributed by atoms with Gasteiger partial charge in [-0.25, -0.2) is 4.98 Å². The lowest BCUT2D eigenvalue weighted by atomic mass is 10.3. The van der Waals surface area contributed by atoms with Crippen molar-refractivity contribution in [3.63, 3.8) is 0 Å². The highest BCUT2D eigenvalue weighted by molar-refractivity contribution is 5.76. The van der Waals surface area contributed by atoms with Crippen molar-refractivity contribution in [1.29, 1.82) is 0 Å². The lowest BCUT2D eigenvalue weighted by molar-refractivity contribution is -0.121. The summed E-state index contributed by atoms with van der Waals surface area (Å²) in [5, 5.41) is 6.10. The summed E-state index contributed by atoms with van der Waals surface area (Å²) in [5.74, 6) is 1.41. The van der Waals surface area contributed by atoms with Crippen LogP contribution in [0.3, 0.4) is 0 Å². The molecule has 17 heavy (non-hydrogen) atoms. The number of carbonyl (C=O) groups excluding carboxylic acids is 1. The van der Waals surface area contributed by atoms with E-state index in [-0.39, 0.29) is 5.91 Å². The van der Waals surface area contributed by atoms with Crippen LogP contribution in [0.4, 0.5) is 11.6 Å². The van der Waals surface area contributed by atoms with Crippen LogP contribution in [0.15, 0.2) is 18.2 Å². The van der Waals surface area contributed by atoms with Gasteiger partial charge in [-0.1, -0.05) is 6.07 Å². The monoisotopic (exact) mass is 234 g/mol. The van der Waals surface area contributed by atoms with Gasteiger partial charge in [-0.2, -0.15) is 0 Å². The lowest BCUT2D eigenvalue weighted by Gasteiger charge is -2.06. The molecular formula is C12H18N4O. The summed E-state index contributed by atoms with van der Waals surface area (Å²) in [6.07, 6.45) is 3.63. The first-order chi connectivity index (χ1) is 8.24. The normalized spacial score (nSPS) is 14.4. The Labute approximate surface area is 101 Å².